The van der Waals surface area contributed by atoms with E-state index in [0.717, 1.165) is 10.4 Å². The van der Waals surface area contributed by atoms with Crippen molar-refractivity contribution in [2.24, 2.45) is 0 Å². The second-order valence-corrected chi connectivity index (χ2v) is 10.4. The molecule has 0 saturated heterocycles. The molecule has 164 valence electrons. The van der Waals surface area contributed by atoms with E-state index in [1.807, 2.05) is 22.9 Å². The van der Waals surface area contributed by atoms with E-state index >= 15 is 0 Å². The summed E-state index contributed by atoms with van der Waals surface area (Å²) in [6.07, 6.45) is -0.801. The zero-order valence-corrected chi connectivity index (χ0v) is 19.6. The number of hydrogen-bond acceptors (Lipinski definition) is 8. The average Bonchev–Trinajstić information content (AvgIpc) is 3.25. The van der Waals surface area contributed by atoms with Crippen LogP contribution in [-0.2, 0) is 19.0 Å². The third-order valence-electron chi connectivity index (χ3n) is 3.38. The molecule has 0 bridgehead atoms. The van der Waals surface area contributed by atoms with Crippen LogP contribution >= 0.6 is 22.7 Å². The minimum absolute atomic E-state index is 0.376. The fourth-order valence-electron chi connectivity index (χ4n) is 2.23. The summed E-state index contributed by atoms with van der Waals surface area (Å²) < 4.78 is 15.8. The number of ether oxygens (including phenoxy) is 3. The molecule has 1 N–H and O–H groups in total. The first-order valence-electron chi connectivity index (χ1n) is 9.36. The molecule has 0 spiro atoms. The molecule has 1 atom stereocenters. The van der Waals surface area contributed by atoms with Gasteiger partial charge in [-0.15, -0.1) is 11.3 Å². The predicted octanol–water partition coefficient (Wildman–Crippen LogP) is 4.87. The number of carbonyl (C=O) groups is 3. The molecule has 2 aromatic heterocycles. The third-order valence-corrected chi connectivity index (χ3v) is 5.17. The van der Waals surface area contributed by atoms with Gasteiger partial charge in [-0.25, -0.2) is 14.4 Å². The maximum absolute atomic E-state index is 12.5. The Morgan fingerprint density at radius 2 is 1.67 bits per heavy atom. The molecule has 1 amide bonds. The Labute approximate surface area is 184 Å². The Balaban J connectivity index is 2.04. The zero-order valence-electron chi connectivity index (χ0n) is 17.9. The number of esters is 2. The van der Waals surface area contributed by atoms with Gasteiger partial charge >= 0.3 is 18.0 Å². The summed E-state index contributed by atoms with van der Waals surface area (Å²) in [6.45, 7) is 9.86. The molecule has 2 heterocycles. The van der Waals surface area contributed by atoms with Crippen molar-refractivity contribution in [3.63, 3.8) is 0 Å². The number of alkyl carbamates (subject to hydrolysis) is 1. The van der Waals surface area contributed by atoms with Crippen molar-refractivity contribution < 1.29 is 28.6 Å². The van der Waals surface area contributed by atoms with Crippen LogP contribution in [0.5, 0.6) is 0 Å². The molecule has 0 aromatic carbocycles. The number of hydrogen-bond donors (Lipinski definition) is 1. The van der Waals surface area contributed by atoms with E-state index in [1.165, 1.54) is 11.3 Å². The monoisotopic (exact) mass is 453 g/mol. The molecule has 2 aromatic rings. The van der Waals surface area contributed by atoms with E-state index in [4.69, 9.17) is 14.2 Å². The van der Waals surface area contributed by atoms with E-state index in [9.17, 15) is 14.4 Å². The lowest BCUT2D eigenvalue weighted by atomic mass is 10.2. The highest BCUT2D eigenvalue weighted by atomic mass is 32.1. The predicted molar refractivity (Wildman–Crippen MR) is 117 cm³/mol. The minimum atomic E-state index is -1.20. The van der Waals surface area contributed by atoms with Gasteiger partial charge in [-0.2, -0.15) is 11.3 Å². The van der Waals surface area contributed by atoms with Gasteiger partial charge in [-0.3, -0.25) is 0 Å². The molecule has 30 heavy (non-hydrogen) atoms. The summed E-state index contributed by atoms with van der Waals surface area (Å²) in [6, 6.07) is 4.28. The molecular formula is C21H27NO6S2. The molecule has 0 aliphatic heterocycles. The molecule has 0 unspecified atom stereocenters. The van der Waals surface area contributed by atoms with Gasteiger partial charge in [-0.05, 0) is 70.5 Å². The van der Waals surface area contributed by atoms with E-state index in [-0.39, 0.29) is 6.61 Å². The van der Waals surface area contributed by atoms with Gasteiger partial charge in [0.25, 0.3) is 0 Å². The number of nitrogens with one attached hydrogen (secondary N) is 1. The Morgan fingerprint density at radius 3 is 2.23 bits per heavy atom. The first-order valence-corrected chi connectivity index (χ1v) is 11.1. The zero-order chi connectivity index (χ0) is 22.5. The maximum Gasteiger partial charge on any atom is 0.408 e. The molecule has 7 nitrogen and oxygen atoms in total. The second-order valence-electron chi connectivity index (χ2n) is 8.51. The fourth-order valence-corrected chi connectivity index (χ4v) is 3.86. The van der Waals surface area contributed by atoms with Crippen molar-refractivity contribution in [2.75, 3.05) is 6.61 Å². The summed E-state index contributed by atoms with van der Waals surface area (Å²) in [5.41, 5.74) is -0.478. The lowest BCUT2D eigenvalue weighted by Gasteiger charge is -2.26. The summed E-state index contributed by atoms with van der Waals surface area (Å²) in [5, 5.41) is 6.37. The van der Waals surface area contributed by atoms with E-state index < -0.39 is 35.3 Å². The Kier molecular flexibility index (Phi) is 7.65. The average molecular weight is 454 g/mol. The van der Waals surface area contributed by atoms with Gasteiger partial charge in [0.1, 0.15) is 22.7 Å². The first kappa shape index (κ1) is 23.9. The number of amides is 1. The molecule has 0 saturated carbocycles. The van der Waals surface area contributed by atoms with Crippen LogP contribution in [0, 0.1) is 0 Å². The van der Waals surface area contributed by atoms with Crippen LogP contribution in [0.4, 0.5) is 4.79 Å². The summed E-state index contributed by atoms with van der Waals surface area (Å²) in [5.74, 6) is -1.30. The van der Waals surface area contributed by atoms with Crippen LogP contribution in [0.3, 0.4) is 0 Å². The van der Waals surface area contributed by atoms with Crippen LogP contribution in [-0.4, -0.2) is 41.9 Å². The van der Waals surface area contributed by atoms with Crippen LogP contribution < -0.4 is 5.32 Å². The van der Waals surface area contributed by atoms with Crippen molar-refractivity contribution in [3.8, 4) is 10.4 Å². The first-order chi connectivity index (χ1) is 13.8. The maximum atomic E-state index is 12.5. The van der Waals surface area contributed by atoms with E-state index in [2.05, 4.69) is 5.32 Å². The molecule has 0 aliphatic rings. The molecule has 0 aliphatic carbocycles. The van der Waals surface area contributed by atoms with Crippen LogP contribution in [0.2, 0.25) is 0 Å². The SMILES string of the molecule is CC(C)(C)OC(=O)N[C@@H](COC(=O)c1ccc(-c2ccsc2)s1)C(=O)OC(C)(C)C. The van der Waals surface area contributed by atoms with Crippen molar-refractivity contribution >= 4 is 40.7 Å². The highest BCUT2D eigenvalue weighted by Crippen LogP contribution is 2.30. The van der Waals surface area contributed by atoms with Crippen molar-refractivity contribution in [2.45, 2.75) is 58.8 Å². The van der Waals surface area contributed by atoms with Crippen LogP contribution in [0.25, 0.3) is 10.4 Å². The Bertz CT molecular complexity index is 874. The third kappa shape index (κ3) is 7.79. The Morgan fingerprint density at radius 1 is 1.00 bits per heavy atom. The normalized spacial score (nSPS) is 12.7. The van der Waals surface area contributed by atoms with Gasteiger partial charge in [-0.1, -0.05) is 0 Å². The second kappa shape index (κ2) is 9.61. The molecular weight excluding hydrogens is 426 g/mol. The fraction of sp³-hybridized carbons (Fsp3) is 0.476. The number of carbonyl (C=O) groups excluding carboxylic acids is 3. The highest BCUT2D eigenvalue weighted by Gasteiger charge is 2.30. The van der Waals surface area contributed by atoms with Gasteiger partial charge < -0.3 is 19.5 Å². The smallest absolute Gasteiger partial charge is 0.408 e. The van der Waals surface area contributed by atoms with Crippen molar-refractivity contribution in [3.05, 3.63) is 33.8 Å². The Hall–Kier alpha value is -2.39. The summed E-state index contributed by atoms with van der Waals surface area (Å²) in [7, 11) is 0. The van der Waals surface area contributed by atoms with Gasteiger partial charge in [0, 0.05) is 10.4 Å². The quantitative estimate of drug-likeness (QED) is 0.496. The number of rotatable bonds is 6. The molecule has 9 heteroatoms. The summed E-state index contributed by atoms with van der Waals surface area (Å²) >= 11 is 2.86. The van der Waals surface area contributed by atoms with Gasteiger partial charge in [0.2, 0.25) is 0 Å². The van der Waals surface area contributed by atoms with Crippen LogP contribution in [0.1, 0.15) is 51.2 Å². The van der Waals surface area contributed by atoms with Gasteiger partial charge in [0.15, 0.2) is 6.04 Å². The van der Waals surface area contributed by atoms with Crippen LogP contribution in [0.15, 0.2) is 29.0 Å². The molecule has 0 radical (unpaired) electrons. The van der Waals surface area contributed by atoms with Gasteiger partial charge in [0.05, 0.1) is 0 Å². The largest absolute Gasteiger partial charge is 0.459 e. The van der Waals surface area contributed by atoms with E-state index in [0.29, 0.717) is 4.88 Å². The molecule has 0 fully saturated rings. The number of thiophene rings is 2. The minimum Gasteiger partial charge on any atom is -0.459 e. The standard InChI is InChI=1S/C21H27NO6S2/c1-20(2,3)27-17(23)14(22-19(25)28-21(4,5)6)11-26-18(24)16-8-7-15(30-16)13-9-10-29-12-13/h7-10,12,14H,11H2,1-6H3,(H,22,25)/t14-/m0/s1. The topological polar surface area (TPSA) is 90.9 Å². The lowest BCUT2D eigenvalue weighted by Crippen LogP contribution is -2.48. The van der Waals surface area contributed by atoms with Crippen molar-refractivity contribution in [1.82, 2.24) is 5.32 Å². The molecule has 2 rings (SSSR count). The highest BCUT2D eigenvalue weighted by molar-refractivity contribution is 7.17. The van der Waals surface area contributed by atoms with E-state index in [1.54, 1.807) is 58.9 Å². The lowest BCUT2D eigenvalue weighted by molar-refractivity contribution is -0.158. The summed E-state index contributed by atoms with van der Waals surface area (Å²) in [4.78, 5) is 38.4. The van der Waals surface area contributed by atoms with Crippen molar-refractivity contribution in [1.29, 1.82) is 0 Å².